The van der Waals surface area contributed by atoms with E-state index in [0.29, 0.717) is 25.9 Å². The van der Waals surface area contributed by atoms with E-state index in [1.807, 2.05) is 0 Å². The van der Waals surface area contributed by atoms with Crippen molar-refractivity contribution < 1.29 is 28.1 Å². The summed E-state index contributed by atoms with van der Waals surface area (Å²) in [6.45, 7) is 5.06. The second-order valence-electron chi connectivity index (χ2n) is 15.2. The minimum absolute atomic E-state index is 0.0517. The molecule has 0 saturated carbocycles. The van der Waals surface area contributed by atoms with Gasteiger partial charge in [0.05, 0.1) is 30.3 Å². The molecular weight excluding hydrogens is 735 g/mol. The quantitative estimate of drug-likeness (QED) is 0.0153. The zero-order valence-corrected chi connectivity index (χ0v) is 34.4. The molecule has 1 amide bonds. The maximum absolute atomic E-state index is 14.2. The number of nitro groups is 1. The number of nitro benzene ring substituents is 1. The van der Waals surface area contributed by atoms with Crippen LogP contribution in [0.4, 0.5) is 5.69 Å². The summed E-state index contributed by atoms with van der Waals surface area (Å²) in [5, 5.41) is 24.3. The molecule has 57 heavy (non-hydrogen) atoms. The highest BCUT2D eigenvalue weighted by Crippen LogP contribution is 2.49. The first-order valence-electron chi connectivity index (χ1n) is 20.9. The van der Waals surface area contributed by atoms with Crippen molar-refractivity contribution in [3.8, 4) is 5.75 Å². The van der Waals surface area contributed by atoms with Gasteiger partial charge in [-0.25, -0.2) is 4.57 Å². The number of rotatable bonds is 25. The summed E-state index contributed by atoms with van der Waals surface area (Å²) in [4.78, 5) is 24.2. The minimum Gasteiger partial charge on any atom is -0.424 e. The van der Waals surface area contributed by atoms with E-state index in [-0.39, 0.29) is 36.7 Å². The first kappa shape index (κ1) is 42.1. The molecule has 6 aromatic rings. The van der Waals surface area contributed by atoms with Crippen LogP contribution in [0.25, 0.3) is 43.1 Å². The highest BCUT2D eigenvalue weighted by Gasteiger charge is 2.28. The third kappa shape index (κ3) is 11.1. The fourth-order valence-electron chi connectivity index (χ4n) is 7.87. The Kier molecular flexibility index (Phi) is 15.3. The minimum atomic E-state index is -3.69. The Balaban J connectivity index is 1.12. The van der Waals surface area contributed by atoms with Gasteiger partial charge in [0, 0.05) is 25.2 Å². The number of hydrogen-bond acceptors (Lipinski definition) is 7. The van der Waals surface area contributed by atoms with Crippen molar-refractivity contribution in [1.29, 1.82) is 0 Å². The molecule has 2 unspecified atom stereocenters. The number of ether oxygens (including phenoxy) is 1. The van der Waals surface area contributed by atoms with Gasteiger partial charge in [-0.05, 0) is 86.5 Å². The number of carbonyl (C=O) groups is 1. The van der Waals surface area contributed by atoms with Gasteiger partial charge in [0.15, 0.2) is 0 Å². The Labute approximate surface area is 336 Å². The van der Waals surface area contributed by atoms with E-state index in [1.54, 1.807) is 0 Å². The normalized spacial score (nSPS) is 13.4. The molecule has 6 aromatic carbocycles. The van der Waals surface area contributed by atoms with Gasteiger partial charge in [-0.2, -0.15) is 0 Å². The summed E-state index contributed by atoms with van der Waals surface area (Å²) >= 11 is 0. The monoisotopic (exact) mass is 792 g/mol. The molecule has 0 aliphatic carbocycles. The number of fused-ring (bicyclic) bond motifs is 2. The van der Waals surface area contributed by atoms with Crippen molar-refractivity contribution in [2.75, 3.05) is 26.0 Å². The third-order valence-corrected chi connectivity index (χ3v) is 12.7. The molecule has 2 atom stereocenters. The number of nitrogens with one attached hydrogen (secondary N) is 1. The predicted molar refractivity (Wildman–Crippen MR) is 233 cm³/mol. The molecule has 302 valence electrons. The van der Waals surface area contributed by atoms with Gasteiger partial charge in [0.2, 0.25) is 5.91 Å². The summed E-state index contributed by atoms with van der Waals surface area (Å²) in [5.74, 6) is 0.117. The molecule has 0 aliphatic heterocycles. The largest absolute Gasteiger partial charge is 0.424 e. The molecule has 10 heteroatoms. The van der Waals surface area contributed by atoms with Crippen LogP contribution < -0.4 is 9.84 Å². The number of hydrogen-bond donors (Lipinski definition) is 1. The van der Waals surface area contributed by atoms with Gasteiger partial charge in [0.1, 0.15) is 5.75 Å². The summed E-state index contributed by atoms with van der Waals surface area (Å²) in [6, 6.07) is 29.0. The number of nitrogens with zero attached hydrogens (tertiary/aromatic N) is 1. The number of non-ortho nitro benzene ring substituents is 1. The van der Waals surface area contributed by atoms with Crippen molar-refractivity contribution in [2.45, 2.75) is 103 Å². The van der Waals surface area contributed by atoms with Crippen LogP contribution in [0.2, 0.25) is 0 Å². The molecule has 0 radical (unpaired) electrons. The summed E-state index contributed by atoms with van der Waals surface area (Å²) < 4.78 is 32.3. The van der Waals surface area contributed by atoms with E-state index in [0.717, 1.165) is 64.2 Å². The molecular formula is C47H57N2O7P. The van der Waals surface area contributed by atoms with Crippen LogP contribution in [-0.2, 0) is 25.0 Å². The fourth-order valence-corrected chi connectivity index (χ4v) is 9.60. The number of unbranched alkanes of at least 4 members (excludes halogenated alkanes) is 8. The zero-order chi connectivity index (χ0) is 40.0. The van der Waals surface area contributed by atoms with Gasteiger partial charge >= 0.3 is 7.60 Å². The predicted octanol–water partition coefficient (Wildman–Crippen LogP) is 12.7. The Morgan fingerprint density at radius 1 is 0.702 bits per heavy atom. The standard InChI is InChI=1S/C47H57N2O7P/c1-3-5-7-9-10-12-32-57(53,56-39-28-26-38(27-29-39)49(51)52)55-34-37(33-54-31-11-8-6-4-2)48-45(50)24-15-17-35-25-30-44-42-22-14-19-36-18-13-21-41(46(36)42)43-23-16-20-40(35)47(43)44/h13-14,16,18-23,25-30,37H,3-12,15,17,24,31-34H2,1-2H3,(H,48,50). The van der Waals surface area contributed by atoms with Gasteiger partial charge < -0.3 is 14.6 Å². The summed E-state index contributed by atoms with van der Waals surface area (Å²) in [6.07, 6.45) is 12.1. The number of carbonyl (C=O) groups excluding carboxylic acids is 1. The first-order valence-corrected chi connectivity index (χ1v) is 22.6. The lowest BCUT2D eigenvalue weighted by Gasteiger charge is -2.24. The van der Waals surface area contributed by atoms with Gasteiger partial charge in [-0.3, -0.25) is 19.4 Å². The van der Waals surface area contributed by atoms with Crippen LogP contribution in [0.5, 0.6) is 5.75 Å². The molecule has 6 rings (SSSR count). The molecule has 1 N–H and O–H groups in total. The Hall–Kier alpha value is -4.56. The highest BCUT2D eigenvalue weighted by molar-refractivity contribution is 7.54. The Morgan fingerprint density at radius 2 is 1.32 bits per heavy atom. The van der Waals surface area contributed by atoms with Gasteiger partial charge in [-0.15, -0.1) is 0 Å². The van der Waals surface area contributed by atoms with Gasteiger partial charge in [-0.1, -0.05) is 132 Å². The van der Waals surface area contributed by atoms with Crippen molar-refractivity contribution in [3.63, 3.8) is 0 Å². The first-order chi connectivity index (χ1) is 27.8. The molecule has 0 bridgehead atoms. The second kappa shape index (κ2) is 20.7. The van der Waals surface area contributed by atoms with Crippen molar-refractivity contribution >= 4 is 62.3 Å². The summed E-state index contributed by atoms with van der Waals surface area (Å²) in [5.41, 5.74) is 1.13. The van der Waals surface area contributed by atoms with E-state index in [4.69, 9.17) is 13.8 Å². The van der Waals surface area contributed by atoms with E-state index < -0.39 is 18.6 Å². The molecule has 0 aromatic heterocycles. The lowest BCUT2D eigenvalue weighted by Crippen LogP contribution is -2.41. The van der Waals surface area contributed by atoms with Crippen LogP contribution in [0.1, 0.15) is 96.5 Å². The number of amides is 1. The maximum Gasteiger partial charge on any atom is 0.379 e. The van der Waals surface area contributed by atoms with Crippen LogP contribution in [0, 0.1) is 10.1 Å². The molecule has 0 saturated heterocycles. The average molecular weight is 793 g/mol. The molecule has 0 heterocycles. The topological polar surface area (TPSA) is 117 Å². The summed E-state index contributed by atoms with van der Waals surface area (Å²) in [7, 11) is -3.69. The lowest BCUT2D eigenvalue weighted by molar-refractivity contribution is -0.384. The Morgan fingerprint density at radius 3 is 2.02 bits per heavy atom. The lowest BCUT2D eigenvalue weighted by atomic mass is 9.87. The fraction of sp³-hybridized carbons (Fsp3) is 0.426. The van der Waals surface area contributed by atoms with E-state index >= 15 is 0 Å². The second-order valence-corrected chi connectivity index (χ2v) is 17.3. The van der Waals surface area contributed by atoms with E-state index in [1.165, 1.54) is 72.9 Å². The third-order valence-electron chi connectivity index (χ3n) is 10.8. The molecule has 9 nitrogen and oxygen atoms in total. The maximum atomic E-state index is 14.2. The molecule has 0 aliphatic rings. The molecule has 0 spiro atoms. The van der Waals surface area contributed by atoms with E-state index in [2.05, 4.69) is 85.9 Å². The number of aryl methyl sites for hydroxylation is 1. The van der Waals surface area contributed by atoms with Crippen LogP contribution >= 0.6 is 7.60 Å². The van der Waals surface area contributed by atoms with Crippen molar-refractivity contribution in [2.24, 2.45) is 0 Å². The smallest absolute Gasteiger partial charge is 0.379 e. The van der Waals surface area contributed by atoms with Gasteiger partial charge in [0.25, 0.3) is 5.69 Å². The highest BCUT2D eigenvalue weighted by atomic mass is 31.2. The van der Waals surface area contributed by atoms with Crippen molar-refractivity contribution in [1.82, 2.24) is 5.32 Å². The van der Waals surface area contributed by atoms with Crippen LogP contribution in [0.15, 0.2) is 91.0 Å². The van der Waals surface area contributed by atoms with Crippen LogP contribution in [0.3, 0.4) is 0 Å². The average Bonchev–Trinajstić information content (AvgIpc) is 3.22. The Bertz CT molecular complexity index is 2220. The molecule has 0 fully saturated rings. The zero-order valence-electron chi connectivity index (χ0n) is 33.5. The SMILES string of the molecule is CCCCCCCCP(=O)(OCC(COCCCCCC)NC(=O)CCCc1ccc2c3cccc4cccc(c5cccc1c52)c43)Oc1ccc([N+](=O)[O-])cc1. The number of benzene rings is 6. The van der Waals surface area contributed by atoms with Crippen molar-refractivity contribution in [3.05, 3.63) is 107 Å². The van der Waals surface area contributed by atoms with Crippen LogP contribution in [-0.4, -0.2) is 42.9 Å². The van der Waals surface area contributed by atoms with E-state index in [9.17, 15) is 19.5 Å².